The summed E-state index contributed by atoms with van der Waals surface area (Å²) >= 11 is 0. The van der Waals surface area contributed by atoms with Crippen molar-refractivity contribution in [3.63, 3.8) is 0 Å². The number of hydroxylamine groups is 4. The number of methoxy groups -OCH3 is 3. The van der Waals surface area contributed by atoms with E-state index in [0.717, 1.165) is 71.9 Å². The molecule has 0 spiro atoms. The van der Waals surface area contributed by atoms with E-state index in [1.807, 2.05) is 247 Å². The standard InChI is InChI=1S/C25H35NO5S.C24H33NO4S.C21H27NO4S.C20H25NO3S.C19H23NO4S/c1-5-9-15-25(6-2)18-32(28,29)23-17-22(31-8-4)21(30-7-3)16-20(23)24(26(25)27)19-13-11-10-12-14-19;1-5-7-15-24(6-2)17-30(27,28)22-16-20(29-18(3)4)13-14-21(22)23(25(24)26)19-11-9-8-10-12-19;1-5-21(6-2)14-27(23,24)19-13-18(26-4)17(25-3)12-16(19)20(22-21)15-10-8-7-9-11-15;1-4-20(5-2)14-25(22,23)18-13-16(24-3)11-12-17(18)19(21-20)15-9-7-6-8-10-15;1-3-19(4-2)12-25(23,24)17-11-16(22)15(21)10-14(17)18(20-19)13-8-6-5-7-9-13/h10-14,16-17,24,27H,5-9,15,18H2,1-4H3;8-14,16,18,23,26H,5-7,15,17H2,1-4H3;7-13,20,22H,5-6,14H2,1-4H3;6-13,19,21H,4-5,14H2,1-3H3;5-11,18,20-22H,3-4,12H2,1-2H3/t24-,25-;23-,24-;;19-;18-/m11.11/s1. The van der Waals surface area contributed by atoms with Gasteiger partial charge in [-0.3, -0.25) is 16.0 Å². The van der Waals surface area contributed by atoms with E-state index in [0.29, 0.717) is 131 Å². The van der Waals surface area contributed by atoms with Gasteiger partial charge < -0.3 is 49.0 Å². The van der Waals surface area contributed by atoms with Crippen molar-refractivity contribution in [3.05, 3.63) is 280 Å². The quantitative estimate of drug-likeness (QED) is 0.0224. The number of unbranched alkanes of at least 4 members (excludes halogenated alkanes) is 2. The number of fused-ring (bicyclic) bond motifs is 5. The maximum atomic E-state index is 13.7. The Labute approximate surface area is 825 Å². The Morgan fingerprint density at radius 2 is 0.633 bits per heavy atom. The normalized spacial score (nSPS) is 21.9. The number of phenolic OH excluding ortho intramolecular Hbond substituents is 2. The molecule has 0 fully saturated rings. The van der Waals surface area contributed by atoms with Crippen LogP contribution in [0.25, 0.3) is 0 Å². The zero-order valence-corrected chi connectivity index (χ0v) is 87.5. The maximum Gasteiger partial charge on any atom is 0.180 e. The van der Waals surface area contributed by atoms with Gasteiger partial charge in [0, 0.05) is 34.8 Å². The van der Waals surface area contributed by atoms with Crippen molar-refractivity contribution < 1.29 is 91.1 Å². The summed E-state index contributed by atoms with van der Waals surface area (Å²) in [6.45, 7) is 28.5. The van der Waals surface area contributed by atoms with E-state index in [1.54, 1.807) is 62.8 Å². The molecule has 10 aromatic carbocycles. The van der Waals surface area contributed by atoms with Crippen LogP contribution in [0.15, 0.2) is 249 Å². The van der Waals surface area contributed by atoms with Crippen LogP contribution in [0.5, 0.6) is 46.0 Å². The highest BCUT2D eigenvalue weighted by Crippen LogP contribution is 2.52. The van der Waals surface area contributed by atoms with E-state index in [-0.39, 0.29) is 73.4 Å². The van der Waals surface area contributed by atoms with E-state index < -0.39 is 94.7 Å². The summed E-state index contributed by atoms with van der Waals surface area (Å²) in [7, 11) is -13.3. The molecule has 0 radical (unpaired) electrons. The van der Waals surface area contributed by atoms with Crippen LogP contribution in [0.3, 0.4) is 0 Å². The fourth-order valence-electron chi connectivity index (χ4n) is 19.8. The summed E-state index contributed by atoms with van der Waals surface area (Å²) in [5.41, 5.74) is 4.46. The zero-order valence-electron chi connectivity index (χ0n) is 83.4. The zero-order chi connectivity index (χ0) is 101. The van der Waals surface area contributed by atoms with Crippen molar-refractivity contribution in [2.75, 3.05) is 63.3 Å². The second-order valence-corrected chi connectivity index (χ2v) is 46.8. The van der Waals surface area contributed by atoms with Crippen molar-refractivity contribution in [3.8, 4) is 46.0 Å². The van der Waals surface area contributed by atoms with E-state index in [9.17, 15) is 62.7 Å². The van der Waals surface area contributed by atoms with E-state index in [4.69, 9.17) is 28.4 Å². The summed E-state index contributed by atoms with van der Waals surface area (Å²) in [6.07, 6.45) is 9.94. The monoisotopic (exact) mass is 2000 g/mol. The Hall–Kier alpha value is -9.93. The molecule has 7 atom stereocenters. The van der Waals surface area contributed by atoms with Gasteiger partial charge in [0.15, 0.2) is 83.7 Å². The van der Waals surface area contributed by atoms with Gasteiger partial charge in [-0.05, 0) is 190 Å². The van der Waals surface area contributed by atoms with Crippen molar-refractivity contribution in [2.45, 2.75) is 275 Å². The van der Waals surface area contributed by atoms with Gasteiger partial charge in [0.25, 0.3) is 0 Å². The fourth-order valence-corrected chi connectivity index (χ4v) is 30.8. The highest BCUT2D eigenvalue weighted by atomic mass is 32.2. The number of nitrogens with one attached hydrogen (secondary N) is 3. The Morgan fingerprint density at radius 1 is 0.331 bits per heavy atom. The van der Waals surface area contributed by atoms with Crippen molar-refractivity contribution in [2.24, 2.45) is 0 Å². The van der Waals surface area contributed by atoms with Crippen molar-refractivity contribution in [1.29, 1.82) is 0 Å². The van der Waals surface area contributed by atoms with Gasteiger partial charge >= 0.3 is 0 Å². The highest BCUT2D eigenvalue weighted by molar-refractivity contribution is 7.92. The summed E-state index contributed by atoms with van der Waals surface area (Å²) < 4.78 is 167. The van der Waals surface area contributed by atoms with Crippen molar-refractivity contribution >= 4 is 49.2 Å². The first-order valence-electron chi connectivity index (χ1n) is 48.6. The van der Waals surface area contributed by atoms with Gasteiger partial charge in [-0.15, -0.1) is 0 Å². The molecule has 5 heterocycles. The van der Waals surface area contributed by atoms with Crippen LogP contribution >= 0.6 is 0 Å². The molecule has 7 N–H and O–H groups in total. The lowest BCUT2D eigenvalue weighted by Gasteiger charge is -2.42. The van der Waals surface area contributed by atoms with Crippen LogP contribution in [0.1, 0.15) is 273 Å². The SMILES string of the molecule is CCC1(CC)CS(=O)(=O)c2cc(O)c(O)cc2[C@@H](c2ccccc2)N1.CCC1(CC)CS(=O)(=O)c2cc(OC)c(OC)cc2C(c2ccccc2)N1.CCC1(CC)CS(=O)(=O)c2cc(OC)ccc2[C@@H](c2ccccc2)N1.CCCC[C@]1(CC)CS(=O)(=O)c2cc(OC(C)C)ccc2[C@@H](c2ccccc2)N1O.CCCC[C@]1(CC)CS(=O)(=O)c2cc(OCC)c(OCC)cc2[C@@H](c2ccccc2)N1O. The Kier molecular flexibility index (Phi) is 36.9. The summed E-state index contributed by atoms with van der Waals surface area (Å²) in [6, 6.07) is 66.5. The van der Waals surface area contributed by atoms with Crippen LogP contribution in [0, 0.1) is 0 Å². The van der Waals surface area contributed by atoms with Crippen LogP contribution < -0.4 is 44.4 Å². The molecule has 10 aromatic rings. The molecule has 25 nitrogen and oxygen atoms in total. The maximum absolute atomic E-state index is 13.7. The van der Waals surface area contributed by atoms with Crippen LogP contribution in [-0.4, -0.2) is 170 Å². The van der Waals surface area contributed by atoms with E-state index in [2.05, 4.69) is 29.8 Å². The molecule has 30 heteroatoms. The van der Waals surface area contributed by atoms with Gasteiger partial charge in [0.2, 0.25) is 0 Å². The minimum absolute atomic E-state index is 0.0481. The summed E-state index contributed by atoms with van der Waals surface area (Å²) in [4.78, 5) is 1.21. The minimum Gasteiger partial charge on any atom is -0.504 e. The molecule has 0 bridgehead atoms. The number of sulfone groups is 5. The predicted molar refractivity (Wildman–Crippen MR) is 547 cm³/mol. The molecule has 1 unspecified atom stereocenters. The second-order valence-electron chi connectivity index (χ2n) is 37.0. The first kappa shape index (κ1) is 109. The smallest absolute Gasteiger partial charge is 0.180 e. The predicted octanol–water partition coefficient (Wildman–Crippen LogP) is 21.3. The number of phenols is 2. The number of benzene rings is 10. The van der Waals surface area contributed by atoms with Crippen LogP contribution in [0.4, 0.5) is 0 Å². The molecule has 15 rings (SSSR count). The van der Waals surface area contributed by atoms with Gasteiger partial charge in [-0.1, -0.05) is 259 Å². The minimum atomic E-state index is -3.71. The van der Waals surface area contributed by atoms with Gasteiger partial charge in [0.1, 0.15) is 11.5 Å². The lowest BCUT2D eigenvalue weighted by Crippen LogP contribution is -2.51. The molecular formula is C109H143N5O20S5. The lowest BCUT2D eigenvalue weighted by atomic mass is 9.87. The van der Waals surface area contributed by atoms with Gasteiger partial charge in [-0.25, -0.2) is 42.1 Å². The van der Waals surface area contributed by atoms with Crippen LogP contribution in [0.2, 0.25) is 0 Å². The topological polar surface area (TPSA) is 350 Å². The van der Waals surface area contributed by atoms with E-state index >= 15 is 0 Å². The second kappa shape index (κ2) is 46.9. The molecule has 139 heavy (non-hydrogen) atoms. The Bertz CT molecular complexity index is 6380. The van der Waals surface area contributed by atoms with Crippen LogP contribution in [-0.2, 0) is 49.2 Å². The first-order chi connectivity index (χ1) is 66.2. The number of hydrogen-bond acceptors (Lipinski definition) is 25. The molecule has 0 aromatic heterocycles. The lowest BCUT2D eigenvalue weighted by molar-refractivity contribution is -0.193. The largest absolute Gasteiger partial charge is 0.504 e. The Morgan fingerprint density at radius 3 is 1.01 bits per heavy atom. The number of rotatable bonds is 28. The third kappa shape index (κ3) is 24.4. The van der Waals surface area contributed by atoms with E-state index in [1.165, 1.54) is 29.4 Å². The molecule has 0 aliphatic carbocycles. The average Bonchev–Trinajstić information content (AvgIpc) is 1.59. The average molecular weight is 2000 g/mol. The summed E-state index contributed by atoms with van der Waals surface area (Å²) in [5.74, 6) is 2.02. The number of nitrogens with zero attached hydrogens (tertiary/aromatic N) is 2. The third-order valence-electron chi connectivity index (χ3n) is 28.2. The molecule has 5 aliphatic rings. The molecule has 754 valence electrons. The van der Waals surface area contributed by atoms with Gasteiger partial charge in [0.05, 0.1) is 135 Å². The molecular weight excluding hydrogens is 1860 g/mol. The molecule has 0 saturated heterocycles. The highest BCUT2D eigenvalue weighted by Gasteiger charge is 2.52. The number of ether oxygens (including phenoxy) is 6. The van der Waals surface area contributed by atoms with Crippen molar-refractivity contribution in [1.82, 2.24) is 26.1 Å². The Balaban J connectivity index is 0.000000167. The molecule has 0 amide bonds. The van der Waals surface area contributed by atoms with Gasteiger partial charge in [-0.2, -0.15) is 10.1 Å². The first-order valence-corrected chi connectivity index (χ1v) is 56.9. The molecule has 5 aliphatic heterocycles. The number of hydrogen-bond donors (Lipinski definition) is 7. The summed E-state index contributed by atoms with van der Waals surface area (Å²) in [5, 5.41) is 56.6. The third-order valence-corrected chi connectivity index (χ3v) is 38.0. The number of aromatic hydroxyl groups is 2. The fraction of sp³-hybridized carbons (Fsp3) is 0.450. The molecule has 0 saturated carbocycles.